The summed E-state index contributed by atoms with van der Waals surface area (Å²) in [6.45, 7) is 11.3. The molecule has 2 fully saturated rings. The van der Waals surface area contributed by atoms with E-state index in [0.717, 1.165) is 5.56 Å². The van der Waals surface area contributed by atoms with E-state index in [1.165, 1.54) is 17.0 Å². The molecule has 1 aromatic heterocycles. The van der Waals surface area contributed by atoms with Crippen LogP contribution >= 0.6 is 0 Å². The largest absolute Gasteiger partial charge is 0.474 e. The molecule has 13 heteroatoms. The Bertz CT molecular complexity index is 1360. The van der Waals surface area contributed by atoms with Gasteiger partial charge < -0.3 is 34.2 Å². The molecule has 1 aromatic carbocycles. The van der Waals surface area contributed by atoms with Gasteiger partial charge in [0.2, 0.25) is 11.8 Å². The number of amides is 2. The van der Waals surface area contributed by atoms with Crippen molar-refractivity contribution < 1.29 is 38.4 Å². The Hall–Kier alpha value is -3.36. The number of aromatic nitrogens is 1. The molecular weight excluding hydrogens is 597 g/mol. The Morgan fingerprint density at radius 1 is 1.09 bits per heavy atom. The summed E-state index contributed by atoms with van der Waals surface area (Å²) in [6.07, 6.45) is -0.501. The average Bonchev–Trinajstić information content (AvgIpc) is 3.02. The van der Waals surface area contributed by atoms with Gasteiger partial charge in [0.25, 0.3) is 0 Å². The number of halogens is 1. The van der Waals surface area contributed by atoms with Gasteiger partial charge in [-0.2, -0.15) is 0 Å². The monoisotopic (exact) mass is 643 g/mol. The maximum Gasteiger partial charge on any atom is 0.407 e. The number of pyridine rings is 1. The Kier molecular flexibility index (Phi) is 11.1. The van der Waals surface area contributed by atoms with Gasteiger partial charge in [-0.3, -0.25) is 14.6 Å². The van der Waals surface area contributed by atoms with Gasteiger partial charge in [0.15, 0.2) is 0 Å². The summed E-state index contributed by atoms with van der Waals surface area (Å²) >= 11 is 0. The topological polar surface area (TPSA) is 128 Å². The van der Waals surface area contributed by atoms with Crippen molar-refractivity contribution in [2.24, 2.45) is 0 Å². The zero-order valence-corrected chi connectivity index (χ0v) is 27.1. The SMILES string of the molecule is CC(C)OC[C@@H]1COCCN1C[C@H]1CN(C(=O)O)[C@H](C)CN1CC(=O)N1c2cc(Cc3ccc(F)cc3)c(CO)nc2OC[C@@H]1C. The highest BCUT2D eigenvalue weighted by molar-refractivity contribution is 5.97. The van der Waals surface area contributed by atoms with Gasteiger partial charge in [-0.15, -0.1) is 0 Å². The Morgan fingerprint density at radius 2 is 1.85 bits per heavy atom. The first-order valence-electron chi connectivity index (χ1n) is 16.0. The summed E-state index contributed by atoms with van der Waals surface area (Å²) in [6, 6.07) is 7.20. The van der Waals surface area contributed by atoms with Crippen LogP contribution in [0, 0.1) is 5.82 Å². The lowest BCUT2D eigenvalue weighted by atomic mass is 10.0. The van der Waals surface area contributed by atoms with Gasteiger partial charge in [-0.1, -0.05) is 12.1 Å². The molecule has 0 saturated carbocycles. The average molecular weight is 644 g/mol. The van der Waals surface area contributed by atoms with Crippen molar-refractivity contribution >= 4 is 17.7 Å². The number of carbonyl (C=O) groups is 2. The van der Waals surface area contributed by atoms with E-state index >= 15 is 0 Å². The normalized spacial score (nSPS) is 24.2. The zero-order valence-electron chi connectivity index (χ0n) is 27.1. The number of carboxylic acid groups (broad SMARTS) is 1. The van der Waals surface area contributed by atoms with Crippen LogP contribution in [0.3, 0.4) is 0 Å². The van der Waals surface area contributed by atoms with E-state index in [0.29, 0.717) is 62.8 Å². The quantitative estimate of drug-likeness (QED) is 0.399. The third kappa shape index (κ3) is 7.95. The molecule has 252 valence electrons. The first-order chi connectivity index (χ1) is 22.0. The van der Waals surface area contributed by atoms with Crippen LogP contribution in [-0.4, -0.2) is 131 Å². The molecule has 3 aliphatic rings. The third-order valence-corrected chi connectivity index (χ3v) is 8.98. The molecule has 2 aromatic rings. The van der Waals surface area contributed by atoms with Crippen LogP contribution in [0.4, 0.5) is 14.9 Å². The molecule has 2 amide bonds. The number of aliphatic hydroxyl groups is 1. The summed E-state index contributed by atoms with van der Waals surface area (Å²) in [5.41, 5.74) is 2.51. The molecule has 0 spiro atoms. The molecule has 0 unspecified atom stereocenters. The minimum Gasteiger partial charge on any atom is -0.474 e. The highest BCUT2D eigenvalue weighted by Crippen LogP contribution is 2.35. The number of rotatable bonds is 10. The minimum absolute atomic E-state index is 0.0313. The molecule has 4 heterocycles. The van der Waals surface area contributed by atoms with E-state index in [9.17, 15) is 24.2 Å². The molecule has 2 saturated heterocycles. The lowest BCUT2D eigenvalue weighted by molar-refractivity contribution is -0.122. The Balaban J connectivity index is 1.39. The van der Waals surface area contributed by atoms with E-state index in [1.807, 2.05) is 33.8 Å². The second-order valence-electron chi connectivity index (χ2n) is 12.8. The molecule has 2 N–H and O–H groups in total. The van der Waals surface area contributed by atoms with Crippen LogP contribution in [0.2, 0.25) is 0 Å². The maximum atomic E-state index is 14.2. The summed E-state index contributed by atoms with van der Waals surface area (Å²) in [7, 11) is 0. The van der Waals surface area contributed by atoms with E-state index in [1.54, 1.807) is 17.0 Å². The van der Waals surface area contributed by atoms with Crippen molar-refractivity contribution in [1.29, 1.82) is 0 Å². The van der Waals surface area contributed by atoms with E-state index in [2.05, 4.69) is 14.8 Å². The molecule has 46 heavy (non-hydrogen) atoms. The second kappa shape index (κ2) is 15.0. The van der Waals surface area contributed by atoms with Crippen LogP contribution in [0.1, 0.15) is 44.5 Å². The summed E-state index contributed by atoms with van der Waals surface area (Å²) in [5.74, 6) is -0.204. The van der Waals surface area contributed by atoms with Crippen molar-refractivity contribution in [3.8, 4) is 5.88 Å². The van der Waals surface area contributed by atoms with E-state index < -0.39 is 6.09 Å². The number of fused-ring (bicyclic) bond motifs is 1. The molecule has 3 aliphatic heterocycles. The molecule has 4 atom stereocenters. The second-order valence-corrected chi connectivity index (χ2v) is 12.8. The van der Waals surface area contributed by atoms with Crippen molar-refractivity contribution in [3.05, 3.63) is 53.0 Å². The number of nitrogens with zero attached hydrogens (tertiary/aromatic N) is 5. The van der Waals surface area contributed by atoms with Gasteiger partial charge in [-0.25, -0.2) is 14.2 Å². The molecule has 12 nitrogen and oxygen atoms in total. The van der Waals surface area contributed by atoms with Crippen LogP contribution < -0.4 is 9.64 Å². The van der Waals surface area contributed by atoms with Crippen molar-refractivity contribution in [2.75, 3.05) is 64.1 Å². The number of hydrogen-bond acceptors (Lipinski definition) is 9. The Labute approximate surface area is 269 Å². The molecule has 0 aliphatic carbocycles. The van der Waals surface area contributed by atoms with Crippen molar-refractivity contribution in [1.82, 2.24) is 19.7 Å². The number of hydrogen-bond donors (Lipinski definition) is 2. The van der Waals surface area contributed by atoms with E-state index in [4.69, 9.17) is 14.2 Å². The first-order valence-corrected chi connectivity index (χ1v) is 16.0. The summed E-state index contributed by atoms with van der Waals surface area (Å²) in [4.78, 5) is 38.5. The van der Waals surface area contributed by atoms with E-state index in [-0.39, 0.29) is 74.2 Å². The third-order valence-electron chi connectivity index (χ3n) is 8.98. The van der Waals surface area contributed by atoms with Gasteiger partial charge >= 0.3 is 6.09 Å². The number of aliphatic hydroxyl groups excluding tert-OH is 1. The number of morpholine rings is 1. The molecule has 5 rings (SSSR count). The lowest BCUT2D eigenvalue weighted by Gasteiger charge is -2.47. The predicted octanol–water partition coefficient (Wildman–Crippen LogP) is 2.60. The number of piperazine rings is 1. The van der Waals surface area contributed by atoms with Gasteiger partial charge in [0, 0.05) is 38.3 Å². The van der Waals surface area contributed by atoms with Gasteiger partial charge in [0.05, 0.1) is 56.9 Å². The fourth-order valence-electron chi connectivity index (χ4n) is 6.49. The Morgan fingerprint density at radius 3 is 2.54 bits per heavy atom. The first kappa shape index (κ1) is 34.0. The highest BCUT2D eigenvalue weighted by atomic mass is 19.1. The fourth-order valence-corrected chi connectivity index (χ4v) is 6.49. The molecule has 0 bridgehead atoms. The summed E-state index contributed by atoms with van der Waals surface area (Å²) in [5, 5.41) is 20.0. The number of carbonyl (C=O) groups excluding carboxylic acids is 1. The number of benzene rings is 1. The van der Waals surface area contributed by atoms with Crippen LogP contribution in [-0.2, 0) is 27.3 Å². The zero-order chi connectivity index (χ0) is 33.0. The van der Waals surface area contributed by atoms with Gasteiger partial charge in [-0.05, 0) is 63.4 Å². The number of ether oxygens (including phenoxy) is 3. The minimum atomic E-state index is -0.972. The van der Waals surface area contributed by atoms with Gasteiger partial charge in [0.1, 0.15) is 18.1 Å². The fraction of sp³-hybridized carbons (Fsp3) is 0.606. The summed E-state index contributed by atoms with van der Waals surface area (Å²) < 4.78 is 31.1. The number of anilines is 1. The standard InChI is InChI=1S/C33H46FN5O7/c1-21(2)45-20-28-19-44-10-9-36(28)14-27-15-38(33(42)43)22(3)13-37(27)16-31(41)39-23(4)18-46-32-30(39)12-25(29(17-40)35-32)11-24-5-7-26(34)8-6-24/h5-8,12,21-23,27-28,40H,9-11,13-20H2,1-4H3,(H,42,43)/t22-,23+,27+,28+/m1/s1. The smallest absolute Gasteiger partial charge is 0.407 e. The molecular formula is C33H46FN5O7. The predicted molar refractivity (Wildman–Crippen MR) is 169 cm³/mol. The van der Waals surface area contributed by atoms with Crippen molar-refractivity contribution in [3.63, 3.8) is 0 Å². The lowest BCUT2D eigenvalue weighted by Crippen LogP contribution is -2.64. The highest BCUT2D eigenvalue weighted by Gasteiger charge is 2.40. The van der Waals surface area contributed by atoms with Crippen LogP contribution in [0.15, 0.2) is 30.3 Å². The van der Waals surface area contributed by atoms with Crippen LogP contribution in [0.5, 0.6) is 5.88 Å². The van der Waals surface area contributed by atoms with Crippen molar-refractivity contribution in [2.45, 2.75) is 71.0 Å². The molecule has 0 radical (unpaired) electrons. The maximum absolute atomic E-state index is 14.2. The van der Waals surface area contributed by atoms with Crippen LogP contribution in [0.25, 0.3) is 0 Å².